The molecular formula is C10H16N6O. The third-order valence-electron chi connectivity index (χ3n) is 1.92. The van der Waals surface area contributed by atoms with E-state index in [0.717, 1.165) is 0 Å². The lowest BCUT2D eigenvalue weighted by Gasteiger charge is -2.09. The summed E-state index contributed by atoms with van der Waals surface area (Å²) in [6.45, 7) is 4.95. The Morgan fingerprint density at radius 2 is 1.94 bits per heavy atom. The van der Waals surface area contributed by atoms with Gasteiger partial charge in [0.05, 0.1) is 19.1 Å². The maximum Gasteiger partial charge on any atom is 0.322 e. The van der Waals surface area contributed by atoms with Crippen LogP contribution in [0, 0.1) is 17.2 Å². The predicted octanol–water partition coefficient (Wildman–Crippen LogP) is 0.884. The number of rotatable bonds is 6. The highest BCUT2D eigenvalue weighted by Crippen LogP contribution is 2.10. The van der Waals surface area contributed by atoms with Crippen LogP contribution in [0.2, 0.25) is 0 Å². The molecule has 17 heavy (non-hydrogen) atoms. The fourth-order valence-corrected chi connectivity index (χ4v) is 1.05. The molecule has 0 aromatic carbocycles. The molecule has 1 aromatic rings. The number of hydrogen-bond donors (Lipinski definition) is 2. The molecule has 7 heteroatoms. The van der Waals surface area contributed by atoms with E-state index in [1.807, 2.05) is 13.8 Å². The molecule has 2 N–H and O–H groups in total. The average molecular weight is 236 g/mol. The van der Waals surface area contributed by atoms with E-state index in [4.69, 9.17) is 10.00 Å². The highest BCUT2D eigenvalue weighted by molar-refractivity contribution is 5.35. The van der Waals surface area contributed by atoms with Gasteiger partial charge < -0.3 is 15.4 Å². The maximum absolute atomic E-state index is 8.67. The van der Waals surface area contributed by atoms with Crippen LogP contribution in [0.4, 0.5) is 11.9 Å². The van der Waals surface area contributed by atoms with Crippen molar-refractivity contribution in [3.63, 3.8) is 0 Å². The predicted molar refractivity (Wildman–Crippen MR) is 63.8 cm³/mol. The van der Waals surface area contributed by atoms with Crippen molar-refractivity contribution in [3.05, 3.63) is 0 Å². The quantitative estimate of drug-likeness (QED) is 0.756. The van der Waals surface area contributed by atoms with E-state index in [9.17, 15) is 0 Å². The van der Waals surface area contributed by atoms with Gasteiger partial charge in [0.15, 0.2) is 0 Å². The van der Waals surface area contributed by atoms with Gasteiger partial charge in [0.25, 0.3) is 0 Å². The monoisotopic (exact) mass is 236 g/mol. The van der Waals surface area contributed by atoms with Crippen LogP contribution in [0.3, 0.4) is 0 Å². The highest BCUT2D eigenvalue weighted by Gasteiger charge is 2.07. The molecule has 0 radical (unpaired) electrons. The first-order valence-corrected chi connectivity index (χ1v) is 5.37. The van der Waals surface area contributed by atoms with Crippen molar-refractivity contribution in [1.29, 1.82) is 5.26 Å². The molecule has 0 aliphatic heterocycles. The molecule has 0 aliphatic carbocycles. The number of ether oxygens (including phenoxy) is 1. The summed E-state index contributed by atoms with van der Waals surface area (Å²) in [5.41, 5.74) is 0. The van der Waals surface area contributed by atoms with Gasteiger partial charge >= 0.3 is 6.01 Å². The number of hydrogen-bond acceptors (Lipinski definition) is 7. The highest BCUT2D eigenvalue weighted by atomic mass is 16.5. The number of anilines is 2. The second-order valence-electron chi connectivity index (χ2n) is 3.41. The summed E-state index contributed by atoms with van der Waals surface area (Å²) in [7, 11) is 1.49. The van der Waals surface area contributed by atoms with E-state index >= 15 is 0 Å². The molecule has 0 aliphatic rings. The minimum Gasteiger partial charge on any atom is -0.467 e. The minimum atomic E-state index is -0.111. The fourth-order valence-electron chi connectivity index (χ4n) is 1.05. The van der Waals surface area contributed by atoms with Gasteiger partial charge in [-0.05, 0) is 13.8 Å². The van der Waals surface area contributed by atoms with E-state index < -0.39 is 0 Å². The van der Waals surface area contributed by atoms with Gasteiger partial charge in [-0.3, -0.25) is 0 Å². The van der Waals surface area contributed by atoms with Crippen molar-refractivity contribution in [1.82, 2.24) is 15.0 Å². The molecule has 0 fully saturated rings. The number of nitriles is 1. The third-order valence-corrected chi connectivity index (χ3v) is 1.92. The molecule has 0 saturated heterocycles. The van der Waals surface area contributed by atoms with E-state index in [2.05, 4.69) is 31.7 Å². The topological polar surface area (TPSA) is 95.8 Å². The molecular weight excluding hydrogens is 220 g/mol. The molecule has 0 amide bonds. The molecule has 1 heterocycles. The minimum absolute atomic E-state index is 0.111. The lowest BCUT2D eigenvalue weighted by Crippen LogP contribution is -2.14. The smallest absolute Gasteiger partial charge is 0.322 e. The lowest BCUT2D eigenvalue weighted by molar-refractivity contribution is 0.379. The SMILES string of the molecule is CCNc1nc(NCC(C)C#N)nc(OC)n1. The third kappa shape index (κ3) is 4.10. The Balaban J connectivity index is 2.76. The first-order valence-electron chi connectivity index (χ1n) is 5.37. The summed E-state index contributed by atoms with van der Waals surface area (Å²) >= 11 is 0. The van der Waals surface area contributed by atoms with Crippen LogP contribution in [0.25, 0.3) is 0 Å². The van der Waals surface area contributed by atoms with Gasteiger partial charge in [0.2, 0.25) is 11.9 Å². The summed E-state index contributed by atoms with van der Waals surface area (Å²) in [4.78, 5) is 12.2. The summed E-state index contributed by atoms with van der Waals surface area (Å²) in [5.74, 6) is 0.738. The fraction of sp³-hybridized carbons (Fsp3) is 0.600. The van der Waals surface area contributed by atoms with Crippen LogP contribution in [0.5, 0.6) is 6.01 Å². The van der Waals surface area contributed by atoms with Gasteiger partial charge in [-0.1, -0.05) is 0 Å². The molecule has 1 rings (SSSR count). The first kappa shape index (κ1) is 13.0. The number of aromatic nitrogens is 3. The van der Waals surface area contributed by atoms with Crippen LogP contribution in [0.1, 0.15) is 13.8 Å². The van der Waals surface area contributed by atoms with E-state index in [1.54, 1.807) is 0 Å². The van der Waals surface area contributed by atoms with Gasteiger partial charge in [-0.2, -0.15) is 20.2 Å². The first-order chi connectivity index (χ1) is 8.19. The van der Waals surface area contributed by atoms with Crippen molar-refractivity contribution in [2.45, 2.75) is 13.8 Å². The molecule has 1 unspecified atom stereocenters. The summed E-state index contributed by atoms with van der Waals surface area (Å²) in [5, 5.41) is 14.6. The summed E-state index contributed by atoms with van der Waals surface area (Å²) in [6, 6.07) is 2.36. The van der Waals surface area contributed by atoms with Gasteiger partial charge in [-0.15, -0.1) is 0 Å². The van der Waals surface area contributed by atoms with Crippen molar-refractivity contribution in [2.24, 2.45) is 5.92 Å². The molecule has 0 spiro atoms. The van der Waals surface area contributed by atoms with Gasteiger partial charge in [0.1, 0.15) is 0 Å². The molecule has 0 saturated carbocycles. The molecule has 0 bridgehead atoms. The maximum atomic E-state index is 8.67. The van der Waals surface area contributed by atoms with Crippen molar-refractivity contribution < 1.29 is 4.74 Å². The average Bonchev–Trinajstić information content (AvgIpc) is 2.36. The zero-order valence-electron chi connectivity index (χ0n) is 10.2. The Kier molecular flexibility index (Phi) is 4.94. The van der Waals surface area contributed by atoms with E-state index in [-0.39, 0.29) is 11.9 Å². The summed E-state index contributed by atoms with van der Waals surface area (Å²) < 4.78 is 4.97. The lowest BCUT2D eigenvalue weighted by atomic mass is 10.2. The largest absolute Gasteiger partial charge is 0.467 e. The van der Waals surface area contributed by atoms with Crippen LogP contribution in [0.15, 0.2) is 0 Å². The Morgan fingerprint density at radius 3 is 2.47 bits per heavy atom. The van der Waals surface area contributed by atoms with Crippen molar-refractivity contribution in [3.8, 4) is 12.1 Å². The second-order valence-corrected chi connectivity index (χ2v) is 3.41. The van der Waals surface area contributed by atoms with Crippen LogP contribution in [-0.2, 0) is 0 Å². The standard InChI is InChI=1S/C10H16N6O/c1-4-12-8-14-9(13-6-7(2)5-11)16-10(15-8)17-3/h7H,4,6H2,1-3H3,(H2,12,13,14,15,16). The zero-order chi connectivity index (χ0) is 12.7. The zero-order valence-corrected chi connectivity index (χ0v) is 10.2. The number of nitrogens with zero attached hydrogens (tertiary/aromatic N) is 4. The Hall–Kier alpha value is -2.10. The number of nitrogens with one attached hydrogen (secondary N) is 2. The normalized spacial score (nSPS) is 11.4. The number of methoxy groups -OCH3 is 1. The molecule has 7 nitrogen and oxygen atoms in total. The summed E-state index contributed by atoms with van der Waals surface area (Å²) in [6.07, 6.45) is 0. The Bertz CT molecular complexity index is 402. The molecule has 92 valence electrons. The van der Waals surface area contributed by atoms with Crippen molar-refractivity contribution in [2.75, 3.05) is 30.8 Å². The Morgan fingerprint density at radius 1 is 1.29 bits per heavy atom. The van der Waals surface area contributed by atoms with Gasteiger partial charge in [-0.25, -0.2) is 0 Å². The second kappa shape index (κ2) is 6.48. The molecule has 1 atom stereocenters. The van der Waals surface area contributed by atoms with Crippen molar-refractivity contribution >= 4 is 11.9 Å². The van der Waals surface area contributed by atoms with E-state index in [1.165, 1.54) is 7.11 Å². The molecule has 1 aromatic heterocycles. The van der Waals surface area contributed by atoms with Gasteiger partial charge in [0, 0.05) is 13.1 Å². The van der Waals surface area contributed by atoms with Crippen LogP contribution >= 0.6 is 0 Å². The van der Waals surface area contributed by atoms with E-state index in [0.29, 0.717) is 25.0 Å². The van der Waals surface area contributed by atoms with Crippen LogP contribution < -0.4 is 15.4 Å². The van der Waals surface area contributed by atoms with Crippen LogP contribution in [-0.4, -0.2) is 35.2 Å². The Labute approximate surface area is 100 Å².